The molecule has 0 aliphatic heterocycles. The van der Waals surface area contributed by atoms with Gasteiger partial charge in [-0.05, 0) is 11.4 Å². The number of hydroxylamine groups is 1. The number of thiophene rings is 1. The van der Waals surface area contributed by atoms with Gasteiger partial charge in [-0.3, -0.25) is 9.63 Å². The van der Waals surface area contributed by atoms with E-state index in [1.54, 1.807) is 11.4 Å². The molecule has 0 aromatic carbocycles. The minimum absolute atomic E-state index is 0.114. The van der Waals surface area contributed by atoms with Gasteiger partial charge in [-0.15, -0.1) is 11.3 Å². The number of rotatable bonds is 4. The van der Waals surface area contributed by atoms with E-state index in [2.05, 4.69) is 20.3 Å². The summed E-state index contributed by atoms with van der Waals surface area (Å²) in [6.07, 6.45) is -4.40. The zero-order valence-corrected chi connectivity index (χ0v) is 9.69. The van der Waals surface area contributed by atoms with Gasteiger partial charge >= 0.3 is 6.18 Å². The molecular weight excluding hydrogens is 271 g/mol. The van der Waals surface area contributed by atoms with E-state index >= 15 is 0 Å². The summed E-state index contributed by atoms with van der Waals surface area (Å²) in [5.74, 6) is 0.216. The number of hydrogen-bond acceptors (Lipinski definition) is 5. The Hall–Kier alpha value is -1.45. The molecule has 5 nitrogen and oxygen atoms in total. The van der Waals surface area contributed by atoms with E-state index in [-0.39, 0.29) is 17.9 Å². The number of aromatic amines is 1. The third kappa shape index (κ3) is 3.28. The second-order valence-electron chi connectivity index (χ2n) is 3.37. The highest BCUT2D eigenvalue weighted by molar-refractivity contribution is 7.17. The highest BCUT2D eigenvalue weighted by atomic mass is 32.1. The van der Waals surface area contributed by atoms with Crippen LogP contribution in [0.2, 0.25) is 0 Å². The highest BCUT2D eigenvalue weighted by Gasteiger charge is 2.27. The Morgan fingerprint density at radius 2 is 2.28 bits per heavy atom. The summed E-state index contributed by atoms with van der Waals surface area (Å²) in [4.78, 5) is 22.2. The second kappa shape index (κ2) is 5.04. The number of fused-ring (bicyclic) bond motifs is 1. The van der Waals surface area contributed by atoms with Gasteiger partial charge < -0.3 is 4.98 Å². The molecule has 2 heterocycles. The summed E-state index contributed by atoms with van der Waals surface area (Å²) in [5, 5.41) is 1.71. The standard InChI is InChI=1S/C9H8F3N3O2S/c10-9(11,12)4-17-13-3-6-14-5-1-2-18-7(5)8(16)15-6/h1-2,13H,3-4H2,(H,14,15,16). The van der Waals surface area contributed by atoms with Crippen molar-refractivity contribution in [3.63, 3.8) is 0 Å². The molecule has 0 fully saturated rings. The van der Waals surface area contributed by atoms with E-state index in [4.69, 9.17) is 0 Å². The molecule has 9 heteroatoms. The van der Waals surface area contributed by atoms with Crippen molar-refractivity contribution in [1.82, 2.24) is 15.4 Å². The van der Waals surface area contributed by atoms with Gasteiger partial charge in [-0.2, -0.15) is 18.7 Å². The van der Waals surface area contributed by atoms with Crippen LogP contribution in [0.15, 0.2) is 16.2 Å². The van der Waals surface area contributed by atoms with Gasteiger partial charge in [-0.1, -0.05) is 0 Å². The van der Waals surface area contributed by atoms with Crippen LogP contribution >= 0.6 is 11.3 Å². The number of H-pyrrole nitrogens is 1. The van der Waals surface area contributed by atoms with Gasteiger partial charge in [0.15, 0.2) is 6.61 Å². The van der Waals surface area contributed by atoms with Crippen LogP contribution in [0.25, 0.3) is 10.2 Å². The maximum atomic E-state index is 11.8. The van der Waals surface area contributed by atoms with Crippen LogP contribution in [0.4, 0.5) is 13.2 Å². The lowest BCUT2D eigenvalue weighted by molar-refractivity contribution is -0.190. The molecule has 2 N–H and O–H groups in total. The molecule has 0 bridgehead atoms. The average Bonchev–Trinajstić information content (AvgIpc) is 2.71. The van der Waals surface area contributed by atoms with Crippen molar-refractivity contribution in [2.24, 2.45) is 0 Å². The first-order valence-corrected chi connectivity index (χ1v) is 5.71. The number of alkyl halides is 3. The first kappa shape index (κ1) is 13.0. The Morgan fingerprint density at radius 3 is 3.00 bits per heavy atom. The summed E-state index contributed by atoms with van der Waals surface area (Å²) < 4.78 is 35.8. The molecule has 2 rings (SSSR count). The number of nitrogens with zero attached hydrogens (tertiary/aromatic N) is 1. The van der Waals surface area contributed by atoms with E-state index in [1.807, 2.05) is 0 Å². The van der Waals surface area contributed by atoms with Crippen molar-refractivity contribution < 1.29 is 18.0 Å². The smallest absolute Gasteiger partial charge is 0.308 e. The zero-order valence-electron chi connectivity index (χ0n) is 8.87. The predicted octanol–water partition coefficient (Wildman–Crippen LogP) is 1.57. The number of aromatic nitrogens is 2. The van der Waals surface area contributed by atoms with Gasteiger partial charge in [0.05, 0.1) is 12.1 Å². The molecule has 2 aromatic heterocycles. The van der Waals surface area contributed by atoms with Gasteiger partial charge in [0, 0.05) is 0 Å². The van der Waals surface area contributed by atoms with Gasteiger partial charge in [0.1, 0.15) is 10.5 Å². The van der Waals surface area contributed by atoms with Crippen LogP contribution in [0.5, 0.6) is 0 Å². The third-order valence-electron chi connectivity index (χ3n) is 1.94. The maximum absolute atomic E-state index is 11.8. The summed E-state index contributed by atoms with van der Waals surface area (Å²) in [6.45, 7) is -1.52. The Balaban J connectivity index is 1.98. The van der Waals surface area contributed by atoms with E-state index in [1.165, 1.54) is 11.3 Å². The zero-order chi connectivity index (χ0) is 13.2. The largest absolute Gasteiger partial charge is 0.413 e. The van der Waals surface area contributed by atoms with E-state index in [9.17, 15) is 18.0 Å². The van der Waals surface area contributed by atoms with Crippen LogP contribution in [0.1, 0.15) is 5.82 Å². The lowest BCUT2D eigenvalue weighted by atomic mass is 10.4. The molecule has 0 atom stereocenters. The minimum Gasteiger partial charge on any atom is -0.308 e. The number of nitrogens with one attached hydrogen (secondary N) is 2. The van der Waals surface area contributed by atoms with Crippen LogP contribution < -0.4 is 11.0 Å². The minimum atomic E-state index is -4.40. The Labute approximate surface area is 103 Å². The summed E-state index contributed by atoms with van der Waals surface area (Å²) in [5.41, 5.74) is 2.29. The van der Waals surface area contributed by atoms with Gasteiger partial charge in [-0.25, -0.2) is 4.98 Å². The molecule has 0 saturated carbocycles. The van der Waals surface area contributed by atoms with E-state index < -0.39 is 12.8 Å². The Morgan fingerprint density at radius 1 is 1.50 bits per heavy atom. The quantitative estimate of drug-likeness (QED) is 0.658. The van der Waals surface area contributed by atoms with E-state index in [0.717, 1.165) is 0 Å². The van der Waals surface area contributed by atoms with Crippen LogP contribution in [-0.2, 0) is 11.4 Å². The Kier molecular flexibility index (Phi) is 3.64. The van der Waals surface area contributed by atoms with Crippen molar-refractivity contribution in [2.75, 3.05) is 6.61 Å². The first-order chi connectivity index (χ1) is 8.46. The van der Waals surface area contributed by atoms with Crippen molar-refractivity contribution >= 4 is 21.6 Å². The summed E-state index contributed by atoms with van der Waals surface area (Å²) in [6, 6.07) is 1.66. The van der Waals surface area contributed by atoms with Gasteiger partial charge in [0.25, 0.3) is 5.56 Å². The Bertz CT molecular complexity index is 592. The fourth-order valence-electron chi connectivity index (χ4n) is 1.26. The second-order valence-corrected chi connectivity index (χ2v) is 4.29. The molecule has 0 aliphatic carbocycles. The van der Waals surface area contributed by atoms with Crippen LogP contribution in [-0.4, -0.2) is 22.8 Å². The van der Waals surface area contributed by atoms with E-state index in [0.29, 0.717) is 10.2 Å². The van der Waals surface area contributed by atoms with Crippen LogP contribution in [0, 0.1) is 0 Å². The number of hydrogen-bond donors (Lipinski definition) is 2. The SMILES string of the molecule is O=c1[nH]c(CNOCC(F)(F)F)nc2ccsc12. The summed E-state index contributed by atoms with van der Waals surface area (Å²) >= 11 is 1.25. The average molecular weight is 279 g/mol. The first-order valence-electron chi connectivity index (χ1n) is 4.83. The monoisotopic (exact) mass is 279 g/mol. The molecule has 18 heavy (non-hydrogen) atoms. The molecule has 0 saturated heterocycles. The topological polar surface area (TPSA) is 67.0 Å². The van der Waals surface area contributed by atoms with Crippen molar-refractivity contribution in [2.45, 2.75) is 12.7 Å². The maximum Gasteiger partial charge on any atom is 0.413 e. The van der Waals surface area contributed by atoms with Gasteiger partial charge in [0.2, 0.25) is 0 Å². The predicted molar refractivity (Wildman–Crippen MR) is 59.1 cm³/mol. The molecular formula is C9H8F3N3O2S. The lowest BCUT2D eigenvalue weighted by Crippen LogP contribution is -2.26. The van der Waals surface area contributed by atoms with Crippen molar-refractivity contribution in [1.29, 1.82) is 0 Å². The summed E-state index contributed by atoms with van der Waals surface area (Å²) in [7, 11) is 0. The molecule has 0 radical (unpaired) electrons. The lowest BCUT2D eigenvalue weighted by Gasteiger charge is -2.07. The fraction of sp³-hybridized carbons (Fsp3) is 0.333. The fourth-order valence-corrected chi connectivity index (χ4v) is 1.98. The molecule has 0 spiro atoms. The van der Waals surface area contributed by atoms with Crippen LogP contribution in [0.3, 0.4) is 0 Å². The third-order valence-corrected chi connectivity index (χ3v) is 2.84. The molecule has 0 amide bonds. The highest BCUT2D eigenvalue weighted by Crippen LogP contribution is 2.14. The molecule has 98 valence electrons. The molecule has 2 aromatic rings. The number of halogens is 3. The normalized spacial score (nSPS) is 12.2. The molecule has 0 aliphatic rings. The van der Waals surface area contributed by atoms with Crippen molar-refractivity contribution in [3.8, 4) is 0 Å². The molecule has 0 unspecified atom stereocenters. The van der Waals surface area contributed by atoms with Crippen molar-refractivity contribution in [3.05, 3.63) is 27.6 Å².